The highest BCUT2D eigenvalue weighted by Gasteiger charge is 2.25. The van der Waals surface area contributed by atoms with Crippen LogP contribution in [0.4, 0.5) is 10.2 Å². The van der Waals surface area contributed by atoms with Gasteiger partial charge in [-0.05, 0) is 30.2 Å². The van der Waals surface area contributed by atoms with Crippen LogP contribution >= 0.6 is 23.4 Å². The predicted molar refractivity (Wildman–Crippen MR) is 120 cm³/mol. The van der Waals surface area contributed by atoms with E-state index in [2.05, 4.69) is 15.7 Å². The lowest BCUT2D eigenvalue weighted by Crippen LogP contribution is -2.30. The SMILES string of the molecule is O=C(Cn1nc2c(c1NC(=O)c1ccc(F)cc1Cl)CSC2)NCCc1ccccc1. The van der Waals surface area contributed by atoms with Gasteiger partial charge in [0.05, 0.1) is 16.3 Å². The Hall–Kier alpha value is -2.84. The van der Waals surface area contributed by atoms with Crippen LogP contribution in [0.2, 0.25) is 5.02 Å². The molecule has 6 nitrogen and oxygen atoms in total. The Bertz CT molecular complexity index is 1120. The van der Waals surface area contributed by atoms with E-state index in [0.29, 0.717) is 18.1 Å². The quantitative estimate of drug-likeness (QED) is 0.560. The molecule has 0 atom stereocenters. The number of aromatic nitrogens is 2. The lowest BCUT2D eigenvalue weighted by Gasteiger charge is -2.12. The number of hydrogen-bond acceptors (Lipinski definition) is 4. The molecular formula is C22H20ClFN4O2S. The van der Waals surface area contributed by atoms with Crippen LogP contribution in [0.3, 0.4) is 0 Å². The Morgan fingerprint density at radius 3 is 2.74 bits per heavy atom. The van der Waals surface area contributed by atoms with Crippen molar-refractivity contribution in [1.82, 2.24) is 15.1 Å². The number of rotatable bonds is 7. The Morgan fingerprint density at radius 2 is 1.97 bits per heavy atom. The summed E-state index contributed by atoms with van der Waals surface area (Å²) in [6.07, 6.45) is 0.728. The van der Waals surface area contributed by atoms with Crippen LogP contribution in [-0.4, -0.2) is 28.1 Å². The molecule has 0 radical (unpaired) electrons. The van der Waals surface area contributed by atoms with E-state index >= 15 is 0 Å². The van der Waals surface area contributed by atoms with Crippen LogP contribution in [0, 0.1) is 5.82 Å². The maximum atomic E-state index is 13.3. The summed E-state index contributed by atoms with van der Waals surface area (Å²) in [7, 11) is 0. The fourth-order valence-corrected chi connectivity index (χ4v) is 4.64. The van der Waals surface area contributed by atoms with E-state index in [1.807, 2.05) is 30.3 Å². The summed E-state index contributed by atoms with van der Waals surface area (Å²) in [5.74, 6) is 0.700. The average Bonchev–Trinajstić information content (AvgIpc) is 3.31. The third kappa shape index (κ3) is 5.08. The number of amides is 2. The maximum Gasteiger partial charge on any atom is 0.258 e. The van der Waals surface area contributed by atoms with E-state index in [1.165, 1.54) is 16.8 Å². The molecule has 0 bridgehead atoms. The smallest absolute Gasteiger partial charge is 0.258 e. The van der Waals surface area contributed by atoms with Crippen molar-refractivity contribution in [3.05, 3.63) is 81.8 Å². The topological polar surface area (TPSA) is 76.0 Å². The van der Waals surface area contributed by atoms with Gasteiger partial charge in [0.25, 0.3) is 5.91 Å². The largest absolute Gasteiger partial charge is 0.354 e. The minimum Gasteiger partial charge on any atom is -0.354 e. The molecule has 3 aromatic rings. The molecule has 0 spiro atoms. The minimum atomic E-state index is -0.518. The summed E-state index contributed by atoms with van der Waals surface area (Å²) in [5.41, 5.74) is 3.04. The molecule has 0 fully saturated rings. The highest BCUT2D eigenvalue weighted by molar-refractivity contribution is 7.98. The molecule has 31 heavy (non-hydrogen) atoms. The maximum absolute atomic E-state index is 13.3. The van der Waals surface area contributed by atoms with Gasteiger partial charge in [-0.2, -0.15) is 16.9 Å². The molecule has 0 saturated carbocycles. The molecular weight excluding hydrogens is 439 g/mol. The van der Waals surface area contributed by atoms with Crippen molar-refractivity contribution < 1.29 is 14.0 Å². The van der Waals surface area contributed by atoms with Gasteiger partial charge in [-0.1, -0.05) is 41.9 Å². The van der Waals surface area contributed by atoms with E-state index in [0.717, 1.165) is 35.1 Å². The van der Waals surface area contributed by atoms with Crippen molar-refractivity contribution in [2.75, 3.05) is 11.9 Å². The Morgan fingerprint density at radius 1 is 1.16 bits per heavy atom. The van der Waals surface area contributed by atoms with Gasteiger partial charge in [0.2, 0.25) is 5.91 Å². The fraction of sp³-hybridized carbons (Fsp3) is 0.227. The van der Waals surface area contributed by atoms with Crippen LogP contribution in [0.15, 0.2) is 48.5 Å². The van der Waals surface area contributed by atoms with Gasteiger partial charge in [0.1, 0.15) is 18.2 Å². The second-order valence-electron chi connectivity index (χ2n) is 7.09. The van der Waals surface area contributed by atoms with E-state index in [9.17, 15) is 14.0 Å². The molecule has 1 aliphatic rings. The summed E-state index contributed by atoms with van der Waals surface area (Å²) < 4.78 is 14.8. The standard InChI is InChI=1S/C22H20ClFN4O2S/c23-18-10-15(24)6-7-16(18)22(30)26-21-17-12-31-13-19(17)27-28(21)11-20(29)25-9-8-14-4-2-1-3-5-14/h1-7,10H,8-9,11-13H2,(H,25,29)(H,26,30). The lowest BCUT2D eigenvalue weighted by atomic mass is 10.1. The number of fused-ring (bicyclic) bond motifs is 1. The van der Waals surface area contributed by atoms with Crippen molar-refractivity contribution in [1.29, 1.82) is 0 Å². The molecule has 2 amide bonds. The zero-order chi connectivity index (χ0) is 21.8. The first-order valence-electron chi connectivity index (χ1n) is 9.74. The molecule has 1 aromatic heterocycles. The van der Waals surface area contributed by atoms with Gasteiger partial charge in [-0.15, -0.1) is 0 Å². The van der Waals surface area contributed by atoms with Gasteiger partial charge in [0, 0.05) is 23.6 Å². The van der Waals surface area contributed by atoms with Crippen molar-refractivity contribution in [2.45, 2.75) is 24.5 Å². The Balaban J connectivity index is 1.45. The summed E-state index contributed by atoms with van der Waals surface area (Å²) >= 11 is 7.71. The summed E-state index contributed by atoms with van der Waals surface area (Å²) in [6, 6.07) is 13.5. The zero-order valence-electron chi connectivity index (χ0n) is 16.5. The van der Waals surface area contributed by atoms with Crippen LogP contribution < -0.4 is 10.6 Å². The van der Waals surface area contributed by atoms with Crippen LogP contribution in [-0.2, 0) is 29.3 Å². The van der Waals surface area contributed by atoms with Crippen molar-refractivity contribution in [3.8, 4) is 0 Å². The molecule has 2 heterocycles. The first kappa shape index (κ1) is 21.4. The highest BCUT2D eigenvalue weighted by atomic mass is 35.5. The van der Waals surface area contributed by atoms with Crippen LogP contribution in [0.5, 0.6) is 0 Å². The Labute approximate surface area is 188 Å². The zero-order valence-corrected chi connectivity index (χ0v) is 18.1. The number of benzene rings is 2. The lowest BCUT2D eigenvalue weighted by molar-refractivity contribution is -0.121. The first-order chi connectivity index (χ1) is 15.0. The van der Waals surface area contributed by atoms with Gasteiger partial charge < -0.3 is 10.6 Å². The summed E-state index contributed by atoms with van der Waals surface area (Å²) in [6.45, 7) is 0.492. The molecule has 4 rings (SSSR count). The predicted octanol–water partition coefficient (Wildman–Crippen LogP) is 4.03. The Kier molecular flexibility index (Phi) is 6.58. The second kappa shape index (κ2) is 9.53. The average molecular weight is 459 g/mol. The van der Waals surface area contributed by atoms with E-state index in [-0.39, 0.29) is 23.0 Å². The van der Waals surface area contributed by atoms with Gasteiger partial charge in [-0.25, -0.2) is 9.07 Å². The highest BCUT2D eigenvalue weighted by Crippen LogP contribution is 2.35. The molecule has 0 aliphatic carbocycles. The molecule has 2 aromatic carbocycles. The summed E-state index contributed by atoms with van der Waals surface area (Å²) in [5, 5.41) is 10.2. The molecule has 0 saturated heterocycles. The third-order valence-corrected chi connectivity index (χ3v) is 6.18. The van der Waals surface area contributed by atoms with Gasteiger partial charge in [-0.3, -0.25) is 9.59 Å². The number of carbonyl (C=O) groups excluding carboxylic acids is 2. The molecule has 0 unspecified atom stereocenters. The van der Waals surface area contributed by atoms with E-state index in [4.69, 9.17) is 11.6 Å². The van der Waals surface area contributed by atoms with Crippen LogP contribution in [0.1, 0.15) is 27.2 Å². The number of anilines is 1. The monoisotopic (exact) mass is 458 g/mol. The number of nitrogens with zero attached hydrogens (tertiary/aromatic N) is 2. The van der Waals surface area contributed by atoms with Crippen LogP contribution in [0.25, 0.3) is 0 Å². The number of hydrogen-bond donors (Lipinski definition) is 2. The fourth-order valence-electron chi connectivity index (χ4n) is 3.35. The number of nitrogens with one attached hydrogen (secondary N) is 2. The second-order valence-corrected chi connectivity index (χ2v) is 8.48. The van der Waals surface area contributed by atoms with Crippen molar-refractivity contribution >= 4 is 41.0 Å². The van der Waals surface area contributed by atoms with Crippen molar-refractivity contribution in [3.63, 3.8) is 0 Å². The molecule has 2 N–H and O–H groups in total. The third-order valence-electron chi connectivity index (χ3n) is 4.90. The first-order valence-corrected chi connectivity index (χ1v) is 11.3. The van der Waals surface area contributed by atoms with E-state index in [1.54, 1.807) is 11.8 Å². The van der Waals surface area contributed by atoms with Gasteiger partial charge in [0.15, 0.2) is 0 Å². The van der Waals surface area contributed by atoms with Gasteiger partial charge >= 0.3 is 0 Å². The van der Waals surface area contributed by atoms with Crippen molar-refractivity contribution in [2.24, 2.45) is 0 Å². The molecule has 9 heteroatoms. The normalized spacial score (nSPS) is 12.5. The molecule has 160 valence electrons. The molecule has 1 aliphatic heterocycles. The van der Waals surface area contributed by atoms with E-state index < -0.39 is 11.7 Å². The number of carbonyl (C=O) groups is 2. The minimum absolute atomic E-state index is 0.0147. The summed E-state index contributed by atoms with van der Waals surface area (Å²) in [4.78, 5) is 25.2. The number of halogens is 2. The number of thioether (sulfide) groups is 1.